The van der Waals surface area contributed by atoms with Crippen LogP contribution >= 0.6 is 0 Å². The summed E-state index contributed by atoms with van der Waals surface area (Å²) in [7, 11) is 0. The van der Waals surface area contributed by atoms with Crippen LogP contribution in [0.15, 0.2) is 36.5 Å². The Morgan fingerprint density at radius 2 is 1.81 bits per heavy atom. The number of nitrogens with two attached hydrogens (primary N) is 1. The number of ether oxygens (including phenoxy) is 1. The summed E-state index contributed by atoms with van der Waals surface area (Å²) >= 11 is 0. The molecule has 0 aliphatic heterocycles. The van der Waals surface area contributed by atoms with E-state index in [9.17, 15) is 17.6 Å². The van der Waals surface area contributed by atoms with E-state index in [1.807, 2.05) is 0 Å². The first-order chi connectivity index (χ1) is 9.93. The summed E-state index contributed by atoms with van der Waals surface area (Å²) in [6, 6.07) is 7.87. The van der Waals surface area contributed by atoms with Crippen LogP contribution in [0, 0.1) is 0 Å². The summed E-state index contributed by atoms with van der Waals surface area (Å²) in [6.07, 6.45) is -3.82. The van der Waals surface area contributed by atoms with E-state index in [1.54, 1.807) is 24.3 Å². The van der Waals surface area contributed by atoms with Crippen molar-refractivity contribution in [2.75, 3.05) is 0 Å². The highest BCUT2D eigenvalue weighted by Crippen LogP contribution is 2.28. The molecule has 0 unspecified atom stereocenters. The number of pyridine rings is 1. The van der Waals surface area contributed by atoms with E-state index < -0.39 is 18.8 Å². The van der Waals surface area contributed by atoms with E-state index >= 15 is 0 Å². The zero-order valence-electron chi connectivity index (χ0n) is 10.8. The van der Waals surface area contributed by atoms with Gasteiger partial charge in [-0.25, -0.2) is 4.39 Å². The Balaban J connectivity index is 2.33. The molecule has 112 valence electrons. The first kappa shape index (κ1) is 15.2. The van der Waals surface area contributed by atoms with Crippen molar-refractivity contribution in [1.29, 1.82) is 0 Å². The number of aromatic nitrogens is 1. The molecule has 7 heteroatoms. The second-order valence-corrected chi connectivity index (χ2v) is 4.26. The summed E-state index contributed by atoms with van der Waals surface area (Å²) in [6.45, 7) is -0.705. The minimum atomic E-state index is -4.80. The van der Waals surface area contributed by atoms with Gasteiger partial charge in [-0.05, 0) is 11.6 Å². The predicted octanol–water partition coefficient (Wildman–Crippen LogP) is 3.58. The molecule has 2 rings (SSSR count). The molecule has 0 fully saturated rings. The van der Waals surface area contributed by atoms with Gasteiger partial charge in [0.1, 0.15) is 6.67 Å². The molecule has 0 bridgehead atoms. The van der Waals surface area contributed by atoms with E-state index in [1.165, 1.54) is 6.07 Å². The molecular weight excluding hydrogens is 288 g/mol. The van der Waals surface area contributed by atoms with Crippen molar-refractivity contribution in [2.24, 2.45) is 5.73 Å². The van der Waals surface area contributed by atoms with Crippen LogP contribution in [0.3, 0.4) is 0 Å². The van der Waals surface area contributed by atoms with E-state index in [0.29, 0.717) is 16.8 Å². The lowest BCUT2D eigenvalue weighted by Gasteiger charge is -2.13. The molecule has 21 heavy (non-hydrogen) atoms. The van der Waals surface area contributed by atoms with Gasteiger partial charge >= 0.3 is 6.36 Å². The third kappa shape index (κ3) is 3.91. The predicted molar refractivity (Wildman–Crippen MR) is 69.1 cm³/mol. The van der Waals surface area contributed by atoms with Gasteiger partial charge in [-0.15, -0.1) is 13.2 Å². The van der Waals surface area contributed by atoms with Crippen LogP contribution in [0.4, 0.5) is 17.6 Å². The molecule has 0 atom stereocenters. The van der Waals surface area contributed by atoms with Crippen LogP contribution in [0.1, 0.15) is 11.1 Å². The highest BCUT2D eigenvalue weighted by atomic mass is 19.4. The van der Waals surface area contributed by atoms with Gasteiger partial charge in [0.15, 0.2) is 5.75 Å². The third-order valence-corrected chi connectivity index (χ3v) is 2.80. The molecule has 1 heterocycles. The van der Waals surface area contributed by atoms with Crippen LogP contribution in [-0.2, 0) is 13.2 Å². The molecule has 3 nitrogen and oxygen atoms in total. The third-order valence-electron chi connectivity index (χ3n) is 2.80. The largest absolute Gasteiger partial charge is 0.573 e. The maximum Gasteiger partial charge on any atom is 0.573 e. The first-order valence-corrected chi connectivity index (χ1v) is 6.03. The molecule has 1 aromatic carbocycles. The van der Waals surface area contributed by atoms with Crippen molar-refractivity contribution >= 4 is 0 Å². The Morgan fingerprint density at radius 1 is 1.14 bits per heavy atom. The fourth-order valence-corrected chi connectivity index (χ4v) is 1.78. The molecule has 0 aliphatic rings. The molecule has 0 aliphatic carbocycles. The zero-order valence-corrected chi connectivity index (χ0v) is 10.8. The lowest BCUT2D eigenvalue weighted by molar-refractivity contribution is -0.275. The van der Waals surface area contributed by atoms with Gasteiger partial charge in [-0.2, -0.15) is 0 Å². The summed E-state index contributed by atoms with van der Waals surface area (Å²) < 4.78 is 53.0. The Morgan fingerprint density at radius 3 is 2.33 bits per heavy atom. The molecule has 0 saturated heterocycles. The van der Waals surface area contributed by atoms with E-state index in [-0.39, 0.29) is 12.1 Å². The maximum absolute atomic E-state index is 12.4. The molecule has 0 spiro atoms. The number of hydrogen-bond donors (Lipinski definition) is 1. The van der Waals surface area contributed by atoms with E-state index in [2.05, 4.69) is 9.72 Å². The lowest BCUT2D eigenvalue weighted by atomic mass is 10.1. The average molecular weight is 300 g/mol. The standard InChI is InChI=1S/C14H12F4N2O/c15-6-9-1-3-10(4-2-9)12-5-11(7-19)13(8-20-12)21-14(16,17)18/h1-5,8H,6-7,19H2. The van der Waals surface area contributed by atoms with Gasteiger partial charge in [-0.3, -0.25) is 4.98 Å². The van der Waals surface area contributed by atoms with Crippen molar-refractivity contribution in [2.45, 2.75) is 19.6 Å². The van der Waals surface area contributed by atoms with E-state index in [4.69, 9.17) is 5.73 Å². The van der Waals surface area contributed by atoms with Gasteiger partial charge in [0.2, 0.25) is 0 Å². The van der Waals surface area contributed by atoms with Gasteiger partial charge in [0.25, 0.3) is 0 Å². The summed E-state index contributed by atoms with van der Waals surface area (Å²) in [5.41, 5.74) is 7.23. The van der Waals surface area contributed by atoms with E-state index in [0.717, 1.165) is 6.20 Å². The molecule has 0 saturated carbocycles. The highest BCUT2D eigenvalue weighted by molar-refractivity contribution is 5.61. The van der Waals surface area contributed by atoms with Gasteiger partial charge < -0.3 is 10.5 Å². The Bertz CT molecular complexity index is 611. The van der Waals surface area contributed by atoms with Crippen molar-refractivity contribution in [3.8, 4) is 17.0 Å². The smallest absolute Gasteiger partial charge is 0.404 e. The fourth-order valence-electron chi connectivity index (χ4n) is 1.78. The summed E-state index contributed by atoms with van der Waals surface area (Å²) in [4.78, 5) is 3.92. The van der Waals surface area contributed by atoms with Crippen molar-refractivity contribution < 1.29 is 22.3 Å². The first-order valence-electron chi connectivity index (χ1n) is 6.03. The zero-order chi connectivity index (χ0) is 15.5. The second kappa shape index (κ2) is 6.09. The van der Waals surface area contributed by atoms with Crippen molar-refractivity contribution in [3.05, 3.63) is 47.7 Å². The van der Waals surface area contributed by atoms with Crippen LogP contribution in [0.25, 0.3) is 11.3 Å². The average Bonchev–Trinajstić information content (AvgIpc) is 2.46. The number of alkyl halides is 4. The minimum Gasteiger partial charge on any atom is -0.404 e. The lowest BCUT2D eigenvalue weighted by Crippen LogP contribution is -2.19. The Kier molecular flexibility index (Phi) is 4.42. The van der Waals surface area contributed by atoms with Crippen LogP contribution in [0.5, 0.6) is 5.75 Å². The van der Waals surface area contributed by atoms with Crippen LogP contribution in [0.2, 0.25) is 0 Å². The SMILES string of the molecule is NCc1cc(-c2ccc(CF)cc2)ncc1OC(F)(F)F. The molecule has 0 amide bonds. The molecule has 2 aromatic rings. The maximum atomic E-state index is 12.4. The summed E-state index contributed by atoms with van der Waals surface area (Å²) in [5, 5.41) is 0. The molecule has 1 aromatic heterocycles. The van der Waals surface area contributed by atoms with Crippen molar-refractivity contribution in [1.82, 2.24) is 4.98 Å². The van der Waals surface area contributed by atoms with Crippen molar-refractivity contribution in [3.63, 3.8) is 0 Å². The number of nitrogens with zero attached hydrogens (tertiary/aromatic N) is 1. The minimum absolute atomic E-state index is 0.122. The number of hydrogen-bond acceptors (Lipinski definition) is 3. The topological polar surface area (TPSA) is 48.1 Å². The quantitative estimate of drug-likeness (QED) is 0.878. The molecule has 0 radical (unpaired) electrons. The summed E-state index contributed by atoms with van der Waals surface area (Å²) in [5.74, 6) is -0.422. The molecule has 2 N–H and O–H groups in total. The number of benzene rings is 1. The normalized spacial score (nSPS) is 11.5. The van der Waals surface area contributed by atoms with Crippen LogP contribution in [-0.4, -0.2) is 11.3 Å². The fraction of sp³-hybridized carbons (Fsp3) is 0.214. The van der Waals surface area contributed by atoms with Crippen LogP contribution < -0.4 is 10.5 Å². The van der Waals surface area contributed by atoms with Gasteiger partial charge in [0.05, 0.1) is 11.9 Å². The number of rotatable bonds is 4. The Hall–Kier alpha value is -2.15. The Labute approximate surface area is 118 Å². The highest BCUT2D eigenvalue weighted by Gasteiger charge is 2.32. The number of halogens is 4. The van der Waals surface area contributed by atoms with Gasteiger partial charge in [-0.1, -0.05) is 24.3 Å². The van der Waals surface area contributed by atoms with Gasteiger partial charge in [0, 0.05) is 17.7 Å². The molecular formula is C14H12F4N2O. The second-order valence-electron chi connectivity index (χ2n) is 4.26. The monoisotopic (exact) mass is 300 g/mol.